The molecule has 1 unspecified atom stereocenters. The summed E-state index contributed by atoms with van der Waals surface area (Å²) in [6.45, 7) is 4.88. The highest BCUT2D eigenvalue weighted by Crippen LogP contribution is 2.16. The zero-order valence-electron chi connectivity index (χ0n) is 7.08. The highest BCUT2D eigenvalue weighted by atomic mass is 32.2. The fraction of sp³-hybridized carbons (Fsp3) is 1.00. The van der Waals surface area contributed by atoms with Gasteiger partial charge in [-0.3, -0.25) is 4.90 Å². The molecule has 0 saturated carbocycles. The predicted molar refractivity (Wildman–Crippen MR) is 45.1 cm³/mol. The lowest BCUT2D eigenvalue weighted by Crippen LogP contribution is -2.29. The number of hydrogen-bond donors (Lipinski definition) is 0. The molecule has 0 N–H and O–H groups in total. The van der Waals surface area contributed by atoms with E-state index in [0.717, 1.165) is 13.0 Å². The van der Waals surface area contributed by atoms with Crippen LogP contribution >= 0.6 is 0 Å². The van der Waals surface area contributed by atoms with Gasteiger partial charge in [0.05, 0.1) is 5.75 Å². The van der Waals surface area contributed by atoms with E-state index in [2.05, 4.69) is 0 Å². The standard InChI is InChI=1S/C7H15NO2S/c1-3-7-5-11(9,10)6-8(7)4-2/h7H,3-6H2,1-2H3. The summed E-state index contributed by atoms with van der Waals surface area (Å²) in [5.41, 5.74) is 0. The zero-order valence-corrected chi connectivity index (χ0v) is 7.89. The van der Waals surface area contributed by atoms with Crippen LogP contribution in [0.2, 0.25) is 0 Å². The van der Waals surface area contributed by atoms with Crippen molar-refractivity contribution >= 4 is 9.84 Å². The SMILES string of the molecule is CCC1CS(=O)(=O)CN1CC. The van der Waals surface area contributed by atoms with Crippen LogP contribution < -0.4 is 0 Å². The van der Waals surface area contributed by atoms with E-state index in [-0.39, 0.29) is 11.9 Å². The molecule has 0 aromatic heterocycles. The number of nitrogens with zero attached hydrogens (tertiary/aromatic N) is 1. The second-order valence-corrected chi connectivity index (χ2v) is 5.09. The van der Waals surface area contributed by atoms with Crippen LogP contribution in [0.1, 0.15) is 20.3 Å². The van der Waals surface area contributed by atoms with Gasteiger partial charge < -0.3 is 0 Å². The maximum absolute atomic E-state index is 11.1. The van der Waals surface area contributed by atoms with Crippen molar-refractivity contribution in [1.29, 1.82) is 0 Å². The van der Waals surface area contributed by atoms with Crippen molar-refractivity contribution in [3.8, 4) is 0 Å². The minimum atomic E-state index is -2.74. The first kappa shape index (κ1) is 9.00. The Morgan fingerprint density at radius 1 is 1.45 bits per heavy atom. The van der Waals surface area contributed by atoms with Gasteiger partial charge in [-0.15, -0.1) is 0 Å². The summed E-state index contributed by atoms with van der Waals surface area (Å²) in [6.07, 6.45) is 0.938. The lowest BCUT2D eigenvalue weighted by atomic mass is 10.2. The van der Waals surface area contributed by atoms with Gasteiger partial charge in [-0.25, -0.2) is 8.42 Å². The van der Waals surface area contributed by atoms with Gasteiger partial charge in [0.2, 0.25) is 0 Å². The summed E-state index contributed by atoms with van der Waals surface area (Å²) in [7, 11) is -2.74. The average molecular weight is 177 g/mol. The quantitative estimate of drug-likeness (QED) is 0.615. The molecular weight excluding hydrogens is 162 g/mol. The van der Waals surface area contributed by atoms with E-state index in [1.807, 2.05) is 18.7 Å². The van der Waals surface area contributed by atoms with E-state index in [0.29, 0.717) is 5.75 Å². The first-order valence-electron chi connectivity index (χ1n) is 4.03. The van der Waals surface area contributed by atoms with Crippen LogP contribution in [0.3, 0.4) is 0 Å². The second-order valence-electron chi connectivity index (χ2n) is 3.01. The molecule has 0 aromatic carbocycles. The second kappa shape index (κ2) is 3.11. The molecule has 0 bridgehead atoms. The average Bonchev–Trinajstić information content (AvgIpc) is 2.25. The van der Waals surface area contributed by atoms with E-state index in [1.54, 1.807) is 0 Å². The largest absolute Gasteiger partial charge is 0.286 e. The number of hydrogen-bond acceptors (Lipinski definition) is 3. The normalized spacial score (nSPS) is 30.9. The van der Waals surface area contributed by atoms with Gasteiger partial charge in [-0.2, -0.15) is 0 Å². The molecule has 0 aromatic rings. The Morgan fingerprint density at radius 3 is 2.45 bits per heavy atom. The van der Waals surface area contributed by atoms with E-state index in [4.69, 9.17) is 0 Å². The number of sulfone groups is 1. The topological polar surface area (TPSA) is 37.4 Å². The molecule has 0 spiro atoms. The van der Waals surface area contributed by atoms with Crippen LogP contribution in [-0.2, 0) is 9.84 Å². The Labute approximate surface area is 68.3 Å². The van der Waals surface area contributed by atoms with Gasteiger partial charge in [0.25, 0.3) is 0 Å². The fourth-order valence-electron chi connectivity index (χ4n) is 1.53. The molecule has 3 nitrogen and oxygen atoms in total. The van der Waals surface area contributed by atoms with E-state index >= 15 is 0 Å². The molecule has 0 radical (unpaired) electrons. The monoisotopic (exact) mass is 177 g/mol. The summed E-state index contributed by atoms with van der Waals surface area (Å²) in [4.78, 5) is 2.02. The lowest BCUT2D eigenvalue weighted by molar-refractivity contribution is 0.272. The molecule has 0 aliphatic carbocycles. The maximum atomic E-state index is 11.1. The molecule has 11 heavy (non-hydrogen) atoms. The molecule has 1 aliphatic heterocycles. The van der Waals surface area contributed by atoms with E-state index in [9.17, 15) is 8.42 Å². The summed E-state index contributed by atoms with van der Waals surface area (Å²) < 4.78 is 22.3. The van der Waals surface area contributed by atoms with E-state index < -0.39 is 9.84 Å². The minimum absolute atomic E-state index is 0.266. The molecule has 1 rings (SSSR count). The van der Waals surface area contributed by atoms with Gasteiger partial charge in [0.1, 0.15) is 5.88 Å². The Morgan fingerprint density at radius 2 is 2.09 bits per heavy atom. The third kappa shape index (κ3) is 1.93. The van der Waals surface area contributed by atoms with Crippen molar-refractivity contribution < 1.29 is 8.42 Å². The molecule has 1 heterocycles. The van der Waals surface area contributed by atoms with Gasteiger partial charge in [-0.1, -0.05) is 13.8 Å². The first-order chi connectivity index (χ1) is 5.09. The van der Waals surface area contributed by atoms with Crippen LogP contribution in [0, 0.1) is 0 Å². The van der Waals surface area contributed by atoms with Crippen molar-refractivity contribution in [2.45, 2.75) is 26.3 Å². The fourth-order valence-corrected chi connectivity index (χ4v) is 3.57. The molecule has 1 fully saturated rings. The van der Waals surface area contributed by atoms with Crippen molar-refractivity contribution in [2.75, 3.05) is 18.2 Å². The van der Waals surface area contributed by atoms with Crippen LogP contribution in [0.4, 0.5) is 0 Å². The first-order valence-corrected chi connectivity index (χ1v) is 5.85. The van der Waals surface area contributed by atoms with Crippen LogP contribution in [0.5, 0.6) is 0 Å². The molecule has 1 atom stereocenters. The van der Waals surface area contributed by atoms with Crippen molar-refractivity contribution in [2.24, 2.45) is 0 Å². The number of rotatable bonds is 2. The molecule has 66 valence electrons. The summed E-state index contributed by atoms with van der Waals surface area (Å²) in [6, 6.07) is 0.269. The molecular formula is C7H15NO2S. The molecule has 1 aliphatic rings. The molecule has 4 heteroatoms. The Bertz CT molecular complexity index is 205. The molecule has 1 saturated heterocycles. The molecule has 0 amide bonds. The lowest BCUT2D eigenvalue weighted by Gasteiger charge is -2.18. The highest BCUT2D eigenvalue weighted by Gasteiger charge is 2.32. The van der Waals surface area contributed by atoms with Gasteiger partial charge in [0, 0.05) is 6.04 Å². The Balaban J connectivity index is 2.70. The van der Waals surface area contributed by atoms with Gasteiger partial charge in [0.15, 0.2) is 9.84 Å². The van der Waals surface area contributed by atoms with Crippen LogP contribution in [0.15, 0.2) is 0 Å². The minimum Gasteiger partial charge on any atom is -0.286 e. The van der Waals surface area contributed by atoms with Crippen molar-refractivity contribution in [3.63, 3.8) is 0 Å². The Hall–Kier alpha value is -0.0900. The maximum Gasteiger partial charge on any atom is 0.164 e. The summed E-state index contributed by atoms with van der Waals surface area (Å²) in [5, 5.41) is 0. The smallest absolute Gasteiger partial charge is 0.164 e. The van der Waals surface area contributed by atoms with E-state index in [1.165, 1.54) is 0 Å². The van der Waals surface area contributed by atoms with Crippen molar-refractivity contribution in [3.05, 3.63) is 0 Å². The third-order valence-corrected chi connectivity index (χ3v) is 3.82. The van der Waals surface area contributed by atoms with Gasteiger partial charge >= 0.3 is 0 Å². The third-order valence-electron chi connectivity index (χ3n) is 2.20. The summed E-state index contributed by atoms with van der Waals surface area (Å²) >= 11 is 0. The zero-order chi connectivity index (χ0) is 8.48. The van der Waals surface area contributed by atoms with Gasteiger partial charge in [-0.05, 0) is 13.0 Å². The summed E-state index contributed by atoms with van der Waals surface area (Å²) in [5.74, 6) is 0.624. The van der Waals surface area contributed by atoms with Crippen LogP contribution in [-0.4, -0.2) is 37.5 Å². The predicted octanol–water partition coefficient (Wildman–Crippen LogP) is 0.473. The van der Waals surface area contributed by atoms with Crippen molar-refractivity contribution in [1.82, 2.24) is 4.90 Å². The highest BCUT2D eigenvalue weighted by molar-refractivity contribution is 7.91. The van der Waals surface area contributed by atoms with Crippen LogP contribution in [0.25, 0.3) is 0 Å². The Kier molecular flexibility index (Phi) is 2.54.